The molecule has 2 rings (SSSR count). The molecule has 0 N–H and O–H groups in total. The Morgan fingerprint density at radius 2 is 1.62 bits per heavy atom. The molecule has 0 aliphatic rings. The second-order valence-electron chi connectivity index (χ2n) is 5.47. The molecular weight excluding hydrogens is 338 g/mol. The van der Waals surface area contributed by atoms with E-state index < -0.39 is 5.41 Å². The number of rotatable bonds is 4. The van der Waals surface area contributed by atoms with Gasteiger partial charge in [0.2, 0.25) is 0 Å². The zero-order chi connectivity index (χ0) is 15.6. The summed E-state index contributed by atoms with van der Waals surface area (Å²) in [7, 11) is 0. The quantitative estimate of drug-likeness (QED) is 0.771. The molecule has 0 fully saturated rings. The Hall–Kier alpha value is -1.55. The molecule has 0 saturated heterocycles. The normalized spacial score (nSPS) is 11.5. The second-order valence-corrected chi connectivity index (χ2v) is 6.32. The first-order chi connectivity index (χ1) is 9.80. The number of benzene rings is 2. The molecule has 0 bridgehead atoms. The highest BCUT2D eigenvalue weighted by molar-refractivity contribution is 9.10. The van der Waals surface area contributed by atoms with Crippen LogP contribution < -0.4 is 0 Å². The lowest BCUT2D eigenvalue weighted by Crippen LogP contribution is -2.30. The number of hydrogen-bond donors (Lipinski definition) is 0. The van der Waals surface area contributed by atoms with Crippen molar-refractivity contribution >= 4 is 21.7 Å². The van der Waals surface area contributed by atoms with Gasteiger partial charge in [0.1, 0.15) is 17.4 Å². The van der Waals surface area contributed by atoms with E-state index in [2.05, 4.69) is 15.9 Å². The van der Waals surface area contributed by atoms with E-state index in [1.165, 1.54) is 24.3 Å². The summed E-state index contributed by atoms with van der Waals surface area (Å²) >= 11 is 3.32. The van der Waals surface area contributed by atoms with Crippen LogP contribution in [0.5, 0.6) is 0 Å². The molecule has 0 saturated carbocycles. The van der Waals surface area contributed by atoms with Gasteiger partial charge < -0.3 is 0 Å². The molecule has 0 amide bonds. The van der Waals surface area contributed by atoms with Gasteiger partial charge in [0, 0.05) is 16.3 Å². The number of carbonyl (C=O) groups is 1. The van der Waals surface area contributed by atoms with Crippen molar-refractivity contribution in [2.75, 3.05) is 0 Å². The summed E-state index contributed by atoms with van der Waals surface area (Å²) in [5.74, 6) is -0.768. The summed E-state index contributed by atoms with van der Waals surface area (Å²) in [6.07, 6.45) is 0.114. The van der Waals surface area contributed by atoms with Crippen LogP contribution >= 0.6 is 15.9 Å². The van der Waals surface area contributed by atoms with Crippen molar-refractivity contribution in [3.8, 4) is 0 Å². The van der Waals surface area contributed by atoms with E-state index >= 15 is 0 Å². The third-order valence-electron chi connectivity index (χ3n) is 3.62. The standard InChI is InChI=1S/C17H15BrF2O/c1-17(2,12-3-5-13(19)6-4-12)16(21)10-11-9-14(20)7-8-15(11)18/h3-9H,10H2,1-2H3. The zero-order valence-electron chi connectivity index (χ0n) is 11.8. The summed E-state index contributed by atoms with van der Waals surface area (Å²) in [5.41, 5.74) is 0.580. The summed E-state index contributed by atoms with van der Waals surface area (Å²) in [5, 5.41) is 0. The largest absolute Gasteiger partial charge is 0.298 e. The SMILES string of the molecule is CC(C)(C(=O)Cc1cc(F)ccc1Br)c1ccc(F)cc1. The maximum atomic E-state index is 13.3. The molecule has 1 nitrogen and oxygen atoms in total. The molecule has 110 valence electrons. The topological polar surface area (TPSA) is 17.1 Å². The van der Waals surface area contributed by atoms with Crippen LogP contribution in [0.2, 0.25) is 0 Å². The van der Waals surface area contributed by atoms with Gasteiger partial charge >= 0.3 is 0 Å². The van der Waals surface area contributed by atoms with Gasteiger partial charge in [0.15, 0.2) is 0 Å². The molecule has 2 aromatic rings. The van der Waals surface area contributed by atoms with Crippen LogP contribution in [-0.2, 0) is 16.6 Å². The lowest BCUT2D eigenvalue weighted by Gasteiger charge is -2.24. The van der Waals surface area contributed by atoms with Crippen LogP contribution in [0.3, 0.4) is 0 Å². The first-order valence-corrected chi connectivity index (χ1v) is 7.33. The molecule has 0 aromatic heterocycles. The van der Waals surface area contributed by atoms with E-state index in [0.29, 0.717) is 10.0 Å². The maximum Gasteiger partial charge on any atom is 0.147 e. The van der Waals surface area contributed by atoms with Crippen LogP contribution in [0, 0.1) is 11.6 Å². The maximum absolute atomic E-state index is 13.3. The Morgan fingerprint density at radius 1 is 1.05 bits per heavy atom. The molecule has 0 atom stereocenters. The van der Waals surface area contributed by atoms with Gasteiger partial charge in [-0.25, -0.2) is 8.78 Å². The number of halogens is 3. The van der Waals surface area contributed by atoms with Crippen molar-refractivity contribution in [2.45, 2.75) is 25.7 Å². The van der Waals surface area contributed by atoms with Gasteiger partial charge in [-0.2, -0.15) is 0 Å². The first-order valence-electron chi connectivity index (χ1n) is 6.54. The molecule has 0 spiro atoms. The van der Waals surface area contributed by atoms with Crippen molar-refractivity contribution in [3.05, 3.63) is 69.7 Å². The predicted octanol–water partition coefficient (Wildman–Crippen LogP) is 4.82. The van der Waals surface area contributed by atoms with E-state index in [4.69, 9.17) is 0 Å². The number of Topliss-reactive ketones (excluding diaryl/α,β-unsaturated/α-hetero) is 1. The van der Waals surface area contributed by atoms with Crippen molar-refractivity contribution in [1.29, 1.82) is 0 Å². The predicted molar refractivity (Wildman–Crippen MR) is 82.2 cm³/mol. The summed E-state index contributed by atoms with van der Waals surface area (Å²) in [6, 6.07) is 10.2. The van der Waals surface area contributed by atoms with Gasteiger partial charge in [0.05, 0.1) is 0 Å². The molecule has 0 aliphatic heterocycles. The zero-order valence-corrected chi connectivity index (χ0v) is 13.4. The van der Waals surface area contributed by atoms with E-state index in [1.807, 2.05) is 0 Å². The number of ketones is 1. The van der Waals surface area contributed by atoms with Crippen LogP contribution in [0.15, 0.2) is 46.9 Å². The van der Waals surface area contributed by atoms with Gasteiger partial charge in [-0.1, -0.05) is 28.1 Å². The summed E-state index contributed by atoms with van der Waals surface area (Å²) in [4.78, 5) is 12.5. The highest BCUT2D eigenvalue weighted by Gasteiger charge is 2.29. The van der Waals surface area contributed by atoms with E-state index in [0.717, 1.165) is 5.56 Å². The Morgan fingerprint density at radius 3 is 2.24 bits per heavy atom. The third kappa shape index (κ3) is 3.56. The number of hydrogen-bond acceptors (Lipinski definition) is 1. The highest BCUT2D eigenvalue weighted by atomic mass is 79.9. The van der Waals surface area contributed by atoms with Crippen molar-refractivity contribution in [2.24, 2.45) is 0 Å². The van der Waals surface area contributed by atoms with Crippen LogP contribution in [0.25, 0.3) is 0 Å². The Balaban J connectivity index is 2.26. The van der Waals surface area contributed by atoms with Crippen molar-refractivity contribution in [1.82, 2.24) is 0 Å². The van der Waals surface area contributed by atoms with Crippen molar-refractivity contribution in [3.63, 3.8) is 0 Å². The van der Waals surface area contributed by atoms with Gasteiger partial charge in [-0.15, -0.1) is 0 Å². The molecule has 0 aliphatic carbocycles. The van der Waals surface area contributed by atoms with Crippen LogP contribution in [-0.4, -0.2) is 5.78 Å². The molecule has 0 unspecified atom stereocenters. The van der Waals surface area contributed by atoms with E-state index in [-0.39, 0.29) is 23.8 Å². The fraction of sp³-hybridized carbons (Fsp3) is 0.235. The molecule has 2 aromatic carbocycles. The monoisotopic (exact) mass is 352 g/mol. The average Bonchev–Trinajstić information content (AvgIpc) is 2.43. The minimum atomic E-state index is -0.764. The smallest absolute Gasteiger partial charge is 0.147 e. The molecule has 0 heterocycles. The van der Waals surface area contributed by atoms with E-state index in [1.54, 1.807) is 32.0 Å². The average molecular weight is 353 g/mol. The van der Waals surface area contributed by atoms with Crippen molar-refractivity contribution < 1.29 is 13.6 Å². The van der Waals surface area contributed by atoms with Gasteiger partial charge in [-0.3, -0.25) is 4.79 Å². The van der Waals surface area contributed by atoms with Crippen LogP contribution in [0.1, 0.15) is 25.0 Å². The Bertz CT molecular complexity index is 663. The lowest BCUT2D eigenvalue weighted by molar-refractivity contribution is -0.122. The first kappa shape index (κ1) is 15.8. The Kier molecular flexibility index (Phi) is 4.57. The number of carbonyl (C=O) groups excluding carboxylic acids is 1. The second kappa shape index (κ2) is 6.06. The fourth-order valence-corrected chi connectivity index (χ4v) is 2.49. The molecular formula is C17H15BrF2O. The summed E-state index contributed by atoms with van der Waals surface area (Å²) < 4.78 is 27.0. The van der Waals surface area contributed by atoms with Gasteiger partial charge in [0.25, 0.3) is 0 Å². The third-order valence-corrected chi connectivity index (χ3v) is 4.40. The molecule has 0 radical (unpaired) electrons. The summed E-state index contributed by atoms with van der Waals surface area (Å²) in [6.45, 7) is 3.57. The van der Waals surface area contributed by atoms with Crippen LogP contribution in [0.4, 0.5) is 8.78 Å². The minimum absolute atomic E-state index is 0.0552. The Labute approximate surface area is 131 Å². The molecule has 21 heavy (non-hydrogen) atoms. The molecule has 4 heteroatoms. The van der Waals surface area contributed by atoms with Gasteiger partial charge in [-0.05, 0) is 55.3 Å². The van der Waals surface area contributed by atoms with E-state index in [9.17, 15) is 13.6 Å². The highest BCUT2D eigenvalue weighted by Crippen LogP contribution is 2.28. The fourth-order valence-electron chi connectivity index (χ4n) is 2.10. The minimum Gasteiger partial charge on any atom is -0.298 e. The lowest BCUT2D eigenvalue weighted by atomic mass is 9.78.